The van der Waals surface area contributed by atoms with Gasteiger partial charge in [-0.15, -0.1) is 10.2 Å². The Bertz CT molecular complexity index is 1280. The molecule has 12 nitrogen and oxygen atoms in total. The van der Waals surface area contributed by atoms with Crippen LogP contribution in [0.2, 0.25) is 0 Å². The zero-order valence-corrected chi connectivity index (χ0v) is 19.8. The molecule has 1 aliphatic heterocycles. The quantitative estimate of drug-likeness (QED) is 0.364. The average Bonchev–Trinajstić information content (AvgIpc) is 3.49. The van der Waals surface area contributed by atoms with E-state index in [1.807, 2.05) is 0 Å². The Morgan fingerprint density at radius 3 is 2.43 bits per heavy atom. The summed E-state index contributed by atoms with van der Waals surface area (Å²) in [5.41, 5.74) is 0.0876. The van der Waals surface area contributed by atoms with Crippen molar-refractivity contribution in [3.05, 3.63) is 57.1 Å². The van der Waals surface area contributed by atoms with Crippen molar-refractivity contribution >= 4 is 39.7 Å². The van der Waals surface area contributed by atoms with E-state index < -0.39 is 16.5 Å². The molecular weight excluding hydrogens is 478 g/mol. The first kappa shape index (κ1) is 23.9. The van der Waals surface area contributed by atoms with E-state index >= 15 is 0 Å². The van der Waals surface area contributed by atoms with Crippen molar-refractivity contribution in [2.24, 2.45) is 0 Å². The van der Waals surface area contributed by atoms with Gasteiger partial charge in [0.15, 0.2) is 11.5 Å². The molecule has 1 aliphatic rings. The van der Waals surface area contributed by atoms with Gasteiger partial charge in [0.05, 0.1) is 32.3 Å². The molecule has 13 heteroatoms. The van der Waals surface area contributed by atoms with Crippen molar-refractivity contribution < 1.29 is 28.7 Å². The number of anilines is 2. The molecule has 1 unspecified atom stereocenters. The molecule has 2 heterocycles. The fourth-order valence-corrected chi connectivity index (χ4v) is 4.53. The van der Waals surface area contributed by atoms with E-state index in [1.54, 1.807) is 36.3 Å². The highest BCUT2D eigenvalue weighted by Crippen LogP contribution is 2.37. The monoisotopic (exact) mass is 499 g/mol. The highest BCUT2D eigenvalue weighted by molar-refractivity contribution is 7.15. The number of nitro benzene ring substituents is 1. The zero-order chi connectivity index (χ0) is 25.1. The molecule has 1 atom stereocenters. The zero-order valence-electron chi connectivity index (χ0n) is 19.0. The largest absolute Gasteiger partial charge is 0.497 e. The van der Waals surface area contributed by atoms with Crippen LogP contribution in [-0.2, 0) is 4.79 Å². The molecule has 2 aromatic carbocycles. The first-order valence-electron chi connectivity index (χ1n) is 10.3. The van der Waals surface area contributed by atoms with Gasteiger partial charge < -0.3 is 19.1 Å². The summed E-state index contributed by atoms with van der Waals surface area (Å²) in [7, 11) is 4.27. The molecule has 35 heavy (non-hydrogen) atoms. The molecule has 1 saturated heterocycles. The number of rotatable bonds is 8. The number of ether oxygens (including phenoxy) is 3. The second kappa shape index (κ2) is 9.93. The molecule has 1 aromatic heterocycles. The predicted molar refractivity (Wildman–Crippen MR) is 127 cm³/mol. The number of nitro groups is 1. The number of methoxy groups -OCH3 is 3. The molecule has 0 bridgehead atoms. The van der Waals surface area contributed by atoms with Crippen LogP contribution >= 0.6 is 11.3 Å². The summed E-state index contributed by atoms with van der Waals surface area (Å²) in [6.07, 6.45) is 0.246. The Labute approximate surface area is 203 Å². The molecule has 0 spiro atoms. The maximum absolute atomic E-state index is 12.8. The summed E-state index contributed by atoms with van der Waals surface area (Å²) in [5, 5.41) is 22.9. The number of nitrogens with zero attached hydrogens (tertiary/aromatic N) is 4. The second-order valence-electron chi connectivity index (χ2n) is 7.48. The minimum absolute atomic E-state index is 0.0538. The standard InChI is InChI=1S/C22H21N5O7S/c1-32-14-6-4-13(5-7-14)26-11-12(8-19(26)28)21-24-25-22(35-21)23-20(29)15-9-17(33-2)18(34-3)10-16(15)27(30)31/h4-7,9-10,12H,8,11H2,1-3H3,(H,23,25,29). The first-order valence-corrected chi connectivity index (χ1v) is 11.2. The van der Waals surface area contributed by atoms with Gasteiger partial charge in [0.25, 0.3) is 11.6 Å². The van der Waals surface area contributed by atoms with Gasteiger partial charge in [0.2, 0.25) is 11.0 Å². The van der Waals surface area contributed by atoms with Crippen molar-refractivity contribution in [2.75, 3.05) is 38.1 Å². The van der Waals surface area contributed by atoms with Gasteiger partial charge in [-0.3, -0.25) is 25.0 Å². The van der Waals surface area contributed by atoms with Crippen LogP contribution in [0.25, 0.3) is 0 Å². The van der Waals surface area contributed by atoms with Crippen LogP contribution in [0.5, 0.6) is 17.2 Å². The van der Waals surface area contributed by atoms with Gasteiger partial charge in [0, 0.05) is 30.6 Å². The normalized spacial score (nSPS) is 15.1. The molecule has 3 aromatic rings. The Kier molecular flexibility index (Phi) is 6.78. The lowest BCUT2D eigenvalue weighted by Crippen LogP contribution is -2.24. The number of amides is 2. The van der Waals surface area contributed by atoms with Gasteiger partial charge in [-0.2, -0.15) is 0 Å². The van der Waals surface area contributed by atoms with Crippen LogP contribution in [0.4, 0.5) is 16.5 Å². The van der Waals surface area contributed by atoms with Gasteiger partial charge >= 0.3 is 0 Å². The fourth-order valence-electron chi connectivity index (χ4n) is 3.70. The molecule has 0 radical (unpaired) electrons. The van der Waals surface area contributed by atoms with Crippen LogP contribution in [-0.4, -0.2) is 54.8 Å². The third-order valence-corrected chi connectivity index (χ3v) is 6.46. The van der Waals surface area contributed by atoms with Crippen LogP contribution < -0.4 is 24.4 Å². The first-order chi connectivity index (χ1) is 16.8. The maximum Gasteiger partial charge on any atom is 0.286 e. The summed E-state index contributed by atoms with van der Waals surface area (Å²) >= 11 is 1.11. The van der Waals surface area contributed by atoms with Gasteiger partial charge in [-0.25, -0.2) is 0 Å². The highest BCUT2D eigenvalue weighted by Gasteiger charge is 2.34. The second-order valence-corrected chi connectivity index (χ2v) is 8.49. The third kappa shape index (κ3) is 4.84. The van der Waals surface area contributed by atoms with Crippen molar-refractivity contribution in [3.8, 4) is 17.2 Å². The lowest BCUT2D eigenvalue weighted by molar-refractivity contribution is -0.385. The number of hydrogen-bond acceptors (Lipinski definition) is 10. The topological polar surface area (TPSA) is 146 Å². The molecule has 0 aliphatic carbocycles. The van der Waals surface area contributed by atoms with E-state index in [0.29, 0.717) is 17.3 Å². The Morgan fingerprint density at radius 1 is 1.11 bits per heavy atom. The number of nitrogens with one attached hydrogen (secondary N) is 1. The van der Waals surface area contributed by atoms with Crippen LogP contribution in [0.3, 0.4) is 0 Å². The molecule has 1 N–H and O–H groups in total. The predicted octanol–water partition coefficient (Wildman–Crippen LogP) is 3.24. The Morgan fingerprint density at radius 2 is 1.80 bits per heavy atom. The number of aromatic nitrogens is 2. The Balaban J connectivity index is 1.50. The molecule has 182 valence electrons. The number of benzene rings is 2. The lowest BCUT2D eigenvalue weighted by atomic mass is 10.1. The number of hydrogen-bond donors (Lipinski definition) is 1. The van der Waals surface area contributed by atoms with Gasteiger partial charge in [-0.05, 0) is 24.3 Å². The van der Waals surface area contributed by atoms with E-state index in [0.717, 1.165) is 23.1 Å². The lowest BCUT2D eigenvalue weighted by Gasteiger charge is -2.16. The van der Waals surface area contributed by atoms with Crippen LogP contribution in [0.15, 0.2) is 36.4 Å². The molecule has 2 amide bonds. The van der Waals surface area contributed by atoms with E-state index in [-0.39, 0.29) is 40.4 Å². The van der Waals surface area contributed by atoms with Crippen molar-refractivity contribution in [1.29, 1.82) is 0 Å². The van der Waals surface area contributed by atoms with E-state index in [2.05, 4.69) is 15.5 Å². The minimum atomic E-state index is -0.747. The van der Waals surface area contributed by atoms with Crippen molar-refractivity contribution in [3.63, 3.8) is 0 Å². The van der Waals surface area contributed by atoms with Gasteiger partial charge in [-0.1, -0.05) is 11.3 Å². The summed E-state index contributed by atoms with van der Waals surface area (Å²) < 4.78 is 15.4. The minimum Gasteiger partial charge on any atom is -0.497 e. The van der Waals surface area contributed by atoms with Crippen molar-refractivity contribution in [2.45, 2.75) is 12.3 Å². The van der Waals surface area contributed by atoms with E-state index in [4.69, 9.17) is 14.2 Å². The molecular formula is C22H21N5O7S. The molecule has 1 fully saturated rings. The van der Waals surface area contributed by atoms with Gasteiger partial charge in [0.1, 0.15) is 16.3 Å². The smallest absolute Gasteiger partial charge is 0.286 e. The summed E-state index contributed by atoms with van der Waals surface area (Å²) in [6, 6.07) is 9.53. The number of carbonyl (C=O) groups is 2. The van der Waals surface area contributed by atoms with Crippen LogP contribution in [0, 0.1) is 10.1 Å². The molecule has 0 saturated carbocycles. The van der Waals surface area contributed by atoms with Crippen molar-refractivity contribution in [1.82, 2.24) is 10.2 Å². The highest BCUT2D eigenvalue weighted by atomic mass is 32.1. The SMILES string of the molecule is COc1ccc(N2CC(c3nnc(NC(=O)c4cc(OC)c(OC)cc4[N+](=O)[O-])s3)CC2=O)cc1. The molecule has 4 rings (SSSR count). The summed E-state index contributed by atoms with van der Waals surface area (Å²) in [5.74, 6) is -0.0190. The Hall–Kier alpha value is -4.26. The summed E-state index contributed by atoms with van der Waals surface area (Å²) in [4.78, 5) is 37.9. The third-order valence-electron chi connectivity index (χ3n) is 5.46. The van der Waals surface area contributed by atoms with Crippen LogP contribution in [0.1, 0.15) is 27.7 Å². The fraction of sp³-hybridized carbons (Fsp3) is 0.273. The van der Waals surface area contributed by atoms with E-state index in [9.17, 15) is 19.7 Å². The number of carbonyl (C=O) groups excluding carboxylic acids is 2. The van der Waals surface area contributed by atoms with E-state index in [1.165, 1.54) is 20.3 Å². The summed E-state index contributed by atoms with van der Waals surface area (Å²) in [6.45, 7) is 0.412. The average molecular weight is 500 g/mol. The maximum atomic E-state index is 12.8.